The number of fused-ring (bicyclic) bond motifs is 1. The van der Waals surface area contributed by atoms with Crippen LogP contribution >= 0.6 is 27.3 Å². The van der Waals surface area contributed by atoms with E-state index < -0.39 is 5.97 Å². The van der Waals surface area contributed by atoms with Crippen LogP contribution in [0.5, 0.6) is 0 Å². The monoisotopic (exact) mass is 325 g/mol. The lowest BCUT2D eigenvalue weighted by atomic mass is 10.4. The number of thiophene rings is 1. The van der Waals surface area contributed by atoms with Crippen LogP contribution < -0.4 is 0 Å². The molecule has 0 unspecified atom stereocenters. The second kappa shape index (κ2) is 3.96. The molecule has 0 aromatic carbocycles. The molecule has 3 aromatic rings. The number of hydrogen-bond acceptors (Lipinski definition) is 3. The summed E-state index contributed by atoms with van der Waals surface area (Å²) >= 11 is 5.00. The molecular weight excluding hydrogens is 318 g/mol. The number of rotatable bonds is 2. The Hall–Kier alpha value is -1.60. The summed E-state index contributed by atoms with van der Waals surface area (Å²) in [7, 11) is 1.69. The maximum Gasteiger partial charge on any atom is 0.354 e. The topological polar surface area (TPSA) is 59.5 Å². The zero-order valence-corrected chi connectivity index (χ0v) is 11.7. The van der Waals surface area contributed by atoms with Crippen molar-refractivity contribution < 1.29 is 9.90 Å². The predicted molar refractivity (Wildman–Crippen MR) is 72.1 cm³/mol. The molecule has 0 aliphatic rings. The van der Waals surface area contributed by atoms with Gasteiger partial charge in [0.2, 0.25) is 5.78 Å². The first-order valence-corrected chi connectivity index (χ1v) is 6.70. The highest BCUT2D eigenvalue weighted by molar-refractivity contribution is 9.11. The van der Waals surface area contributed by atoms with E-state index in [9.17, 15) is 4.79 Å². The van der Waals surface area contributed by atoms with Gasteiger partial charge in [-0.1, -0.05) is 0 Å². The number of carboxylic acids is 1. The lowest BCUT2D eigenvalue weighted by Crippen LogP contribution is -2.04. The molecule has 7 heteroatoms. The molecule has 5 nitrogen and oxygen atoms in total. The van der Waals surface area contributed by atoms with Crippen molar-refractivity contribution >= 4 is 39.0 Å². The molecule has 0 atom stereocenters. The van der Waals surface area contributed by atoms with E-state index >= 15 is 0 Å². The van der Waals surface area contributed by atoms with Gasteiger partial charge >= 0.3 is 5.97 Å². The Labute approximate surface area is 114 Å². The van der Waals surface area contributed by atoms with Crippen LogP contribution in [0.25, 0.3) is 16.3 Å². The largest absolute Gasteiger partial charge is 0.477 e. The van der Waals surface area contributed by atoms with Gasteiger partial charge in [0.05, 0.1) is 8.66 Å². The van der Waals surface area contributed by atoms with Crippen molar-refractivity contribution in [1.82, 2.24) is 14.0 Å². The molecule has 3 rings (SSSR count). The number of hydrogen-bond donors (Lipinski definition) is 1. The fraction of sp³-hybridized carbons (Fsp3) is 0.0909. The molecule has 0 spiro atoms. The highest BCUT2D eigenvalue weighted by atomic mass is 79.9. The highest BCUT2D eigenvalue weighted by Crippen LogP contribution is 2.30. The van der Waals surface area contributed by atoms with Crippen LogP contribution in [0.15, 0.2) is 28.3 Å². The minimum absolute atomic E-state index is 0.219. The molecule has 1 N–H and O–H groups in total. The third-order valence-corrected chi connectivity index (χ3v) is 4.33. The quantitative estimate of drug-likeness (QED) is 0.788. The number of aromatic carboxylic acids is 1. The van der Waals surface area contributed by atoms with Crippen LogP contribution in [0.2, 0.25) is 0 Å². The van der Waals surface area contributed by atoms with Crippen molar-refractivity contribution in [3.8, 4) is 10.6 Å². The van der Waals surface area contributed by atoms with Gasteiger partial charge in [-0.25, -0.2) is 9.78 Å². The number of halogens is 1. The summed E-state index contributed by atoms with van der Waals surface area (Å²) in [6.45, 7) is 0. The fourth-order valence-electron chi connectivity index (χ4n) is 1.82. The standard InChI is InChI=1S/C11H8BrN3O2S/c1-14-7(10(16)17)5-15-4-6(13-11(14)15)8-2-3-9(12)18-8/h2-5H,1H3,(H,16,17). The average Bonchev–Trinajstić information content (AvgIpc) is 2.95. The number of carboxylic acid groups (broad SMARTS) is 1. The van der Waals surface area contributed by atoms with Crippen LogP contribution in [-0.4, -0.2) is 25.0 Å². The summed E-state index contributed by atoms with van der Waals surface area (Å²) in [6, 6.07) is 3.95. The zero-order valence-electron chi connectivity index (χ0n) is 9.29. The van der Waals surface area contributed by atoms with E-state index in [0.717, 1.165) is 14.4 Å². The molecule has 0 saturated carbocycles. The Morgan fingerprint density at radius 2 is 2.22 bits per heavy atom. The SMILES string of the molecule is Cn1c(C(=O)O)cn2cc(-c3ccc(Br)s3)nc12. The van der Waals surface area contributed by atoms with Gasteiger partial charge in [0.15, 0.2) is 0 Å². The van der Waals surface area contributed by atoms with Crippen LogP contribution in [0.3, 0.4) is 0 Å². The Morgan fingerprint density at radius 1 is 1.44 bits per heavy atom. The first-order chi connectivity index (χ1) is 8.56. The highest BCUT2D eigenvalue weighted by Gasteiger charge is 2.15. The average molecular weight is 326 g/mol. The molecule has 0 amide bonds. The maximum atomic E-state index is 11.0. The fourth-order valence-corrected chi connectivity index (χ4v) is 3.16. The van der Waals surface area contributed by atoms with Crippen molar-refractivity contribution in [3.05, 3.63) is 34.0 Å². The Morgan fingerprint density at radius 3 is 2.78 bits per heavy atom. The van der Waals surface area contributed by atoms with Crippen molar-refractivity contribution in [2.75, 3.05) is 0 Å². The van der Waals surface area contributed by atoms with E-state index in [1.807, 2.05) is 18.3 Å². The van der Waals surface area contributed by atoms with E-state index in [1.165, 1.54) is 0 Å². The first kappa shape index (κ1) is 11.5. The smallest absolute Gasteiger partial charge is 0.354 e. The molecule has 3 heterocycles. The van der Waals surface area contributed by atoms with E-state index in [2.05, 4.69) is 20.9 Å². The molecular formula is C11H8BrN3O2S. The summed E-state index contributed by atoms with van der Waals surface area (Å²) in [6.07, 6.45) is 3.40. The summed E-state index contributed by atoms with van der Waals surface area (Å²) in [5.74, 6) is -0.338. The summed E-state index contributed by atoms with van der Waals surface area (Å²) in [4.78, 5) is 16.5. The van der Waals surface area contributed by atoms with Gasteiger partial charge in [-0.15, -0.1) is 11.3 Å². The molecule has 0 fully saturated rings. The van der Waals surface area contributed by atoms with Crippen molar-refractivity contribution in [2.24, 2.45) is 7.05 Å². The number of aromatic nitrogens is 3. The van der Waals surface area contributed by atoms with E-state index in [-0.39, 0.29) is 5.69 Å². The normalized spacial score (nSPS) is 11.2. The molecule has 0 aliphatic heterocycles. The van der Waals surface area contributed by atoms with E-state index in [1.54, 1.807) is 33.5 Å². The van der Waals surface area contributed by atoms with Crippen LogP contribution in [0.4, 0.5) is 0 Å². The zero-order chi connectivity index (χ0) is 12.9. The van der Waals surface area contributed by atoms with Gasteiger partial charge in [-0.3, -0.25) is 4.40 Å². The number of aryl methyl sites for hydroxylation is 1. The third-order valence-electron chi connectivity index (χ3n) is 2.68. The van der Waals surface area contributed by atoms with Crippen molar-refractivity contribution in [3.63, 3.8) is 0 Å². The van der Waals surface area contributed by atoms with Gasteiger partial charge in [0.1, 0.15) is 11.4 Å². The van der Waals surface area contributed by atoms with Gasteiger partial charge in [-0.05, 0) is 28.1 Å². The second-order valence-electron chi connectivity index (χ2n) is 3.82. The lowest BCUT2D eigenvalue weighted by Gasteiger charge is -1.94. The van der Waals surface area contributed by atoms with Crippen LogP contribution in [0.1, 0.15) is 10.5 Å². The summed E-state index contributed by atoms with van der Waals surface area (Å²) < 4.78 is 4.33. The number of carbonyl (C=O) groups is 1. The molecule has 3 aromatic heterocycles. The van der Waals surface area contributed by atoms with Gasteiger partial charge < -0.3 is 9.67 Å². The summed E-state index contributed by atoms with van der Waals surface area (Å²) in [5, 5.41) is 9.01. The Bertz CT molecular complexity index is 756. The molecule has 92 valence electrons. The molecule has 18 heavy (non-hydrogen) atoms. The molecule has 0 saturated heterocycles. The number of nitrogens with zero attached hydrogens (tertiary/aromatic N) is 3. The minimum atomic E-state index is -0.955. The van der Waals surface area contributed by atoms with Crippen molar-refractivity contribution in [1.29, 1.82) is 0 Å². The summed E-state index contributed by atoms with van der Waals surface area (Å²) in [5.41, 5.74) is 1.06. The Kier molecular flexibility index (Phi) is 2.53. The van der Waals surface area contributed by atoms with Crippen LogP contribution in [0, 0.1) is 0 Å². The van der Waals surface area contributed by atoms with Crippen LogP contribution in [-0.2, 0) is 7.05 Å². The lowest BCUT2D eigenvalue weighted by molar-refractivity contribution is 0.0687. The van der Waals surface area contributed by atoms with Crippen molar-refractivity contribution in [2.45, 2.75) is 0 Å². The maximum absolute atomic E-state index is 11.0. The van der Waals surface area contributed by atoms with Gasteiger partial charge in [0, 0.05) is 19.4 Å². The minimum Gasteiger partial charge on any atom is -0.477 e. The Balaban J connectivity index is 2.16. The first-order valence-electron chi connectivity index (χ1n) is 5.09. The third kappa shape index (κ3) is 1.67. The van der Waals surface area contributed by atoms with Gasteiger partial charge in [0.25, 0.3) is 0 Å². The van der Waals surface area contributed by atoms with E-state index in [0.29, 0.717) is 5.78 Å². The molecule has 0 bridgehead atoms. The second-order valence-corrected chi connectivity index (χ2v) is 6.28. The van der Waals surface area contributed by atoms with Gasteiger partial charge in [-0.2, -0.15) is 0 Å². The molecule has 0 radical (unpaired) electrons. The molecule has 0 aliphatic carbocycles. The predicted octanol–water partition coefficient (Wildman–Crippen LogP) is 2.86. The van der Waals surface area contributed by atoms with E-state index in [4.69, 9.17) is 5.11 Å². The number of imidazole rings is 2.